The van der Waals surface area contributed by atoms with E-state index >= 15 is 0 Å². The van der Waals surface area contributed by atoms with E-state index in [9.17, 15) is 0 Å². The van der Waals surface area contributed by atoms with E-state index in [-0.39, 0.29) is 6.29 Å². The number of nitrogens with two attached hydrogens (primary N) is 1. The minimum Gasteiger partial charge on any atom is -0.347 e. The van der Waals surface area contributed by atoms with Crippen molar-refractivity contribution in [2.24, 2.45) is 23.0 Å². The van der Waals surface area contributed by atoms with Gasteiger partial charge in [0.25, 0.3) is 0 Å². The van der Waals surface area contributed by atoms with E-state index in [1.165, 1.54) is 19.3 Å². The molecule has 4 aliphatic rings. The summed E-state index contributed by atoms with van der Waals surface area (Å²) >= 11 is 0. The van der Waals surface area contributed by atoms with E-state index < -0.39 is 0 Å². The van der Waals surface area contributed by atoms with Crippen molar-refractivity contribution in [3.63, 3.8) is 0 Å². The van der Waals surface area contributed by atoms with E-state index in [0.717, 1.165) is 24.7 Å². The summed E-state index contributed by atoms with van der Waals surface area (Å²) in [7, 11) is 0. The third-order valence-electron chi connectivity index (χ3n) is 5.77. The molecule has 3 aliphatic carbocycles. The van der Waals surface area contributed by atoms with Gasteiger partial charge in [-0.05, 0) is 56.3 Å². The number of ether oxygens (including phenoxy) is 2. The Morgan fingerprint density at radius 2 is 1.81 bits per heavy atom. The smallest absolute Gasteiger partial charge is 0.155 e. The molecular formula is C13H21NO2. The fourth-order valence-electron chi connectivity index (χ4n) is 5.10. The largest absolute Gasteiger partial charge is 0.347 e. The zero-order valence-corrected chi connectivity index (χ0v) is 9.89. The number of hydrogen-bond acceptors (Lipinski definition) is 3. The average Bonchev–Trinajstić information content (AvgIpc) is 2.89. The van der Waals surface area contributed by atoms with Crippen LogP contribution in [0, 0.1) is 17.3 Å². The van der Waals surface area contributed by atoms with Crippen molar-refractivity contribution in [1.29, 1.82) is 0 Å². The molecule has 0 aromatic heterocycles. The Kier molecular flexibility index (Phi) is 1.85. The molecule has 4 rings (SSSR count). The predicted octanol–water partition coefficient (Wildman–Crippen LogP) is 1.65. The molecule has 2 bridgehead atoms. The maximum atomic E-state index is 6.49. The summed E-state index contributed by atoms with van der Waals surface area (Å²) in [6.07, 6.45) is 7.11. The molecule has 1 heterocycles. The van der Waals surface area contributed by atoms with Crippen molar-refractivity contribution in [3.05, 3.63) is 0 Å². The Morgan fingerprint density at radius 3 is 2.38 bits per heavy atom. The topological polar surface area (TPSA) is 44.5 Å². The lowest BCUT2D eigenvalue weighted by Gasteiger charge is -2.39. The Balaban J connectivity index is 1.62. The molecule has 0 amide bonds. The quantitative estimate of drug-likeness (QED) is 0.679. The normalized spacial score (nSPS) is 63.4. The van der Waals surface area contributed by atoms with Crippen LogP contribution >= 0.6 is 0 Å². The van der Waals surface area contributed by atoms with E-state index in [1.807, 2.05) is 6.92 Å². The third-order valence-corrected chi connectivity index (χ3v) is 5.77. The number of rotatable bonds is 0. The van der Waals surface area contributed by atoms with Gasteiger partial charge in [-0.3, -0.25) is 0 Å². The van der Waals surface area contributed by atoms with Gasteiger partial charge >= 0.3 is 0 Å². The molecular weight excluding hydrogens is 202 g/mol. The minimum atomic E-state index is 0.00200. The summed E-state index contributed by atoms with van der Waals surface area (Å²) in [4.78, 5) is 0. The van der Waals surface area contributed by atoms with Gasteiger partial charge in [0, 0.05) is 6.04 Å². The van der Waals surface area contributed by atoms with Crippen molar-refractivity contribution in [2.45, 2.75) is 63.6 Å². The molecule has 90 valence electrons. The lowest BCUT2D eigenvalue weighted by Crippen LogP contribution is -2.45. The standard InChI is InChI=1S/C13H21NO2/c1-7-15-10-5-13(6-11(10)16-7)9-3-2-8(4-9)12(13)14/h7-12H,2-6,14H2,1H3/t7-,8-,9+,10-,11?,12+,13+/m1/s1. The Morgan fingerprint density at radius 1 is 1.12 bits per heavy atom. The summed E-state index contributed by atoms with van der Waals surface area (Å²) < 4.78 is 11.7. The Bertz CT molecular complexity index is 301. The molecule has 3 saturated carbocycles. The molecule has 2 N–H and O–H groups in total. The van der Waals surface area contributed by atoms with Crippen LogP contribution in [0.3, 0.4) is 0 Å². The maximum absolute atomic E-state index is 6.49. The highest BCUT2D eigenvalue weighted by Gasteiger charge is 2.63. The predicted molar refractivity (Wildman–Crippen MR) is 59.7 cm³/mol. The molecule has 4 fully saturated rings. The van der Waals surface area contributed by atoms with Crippen LogP contribution in [0.2, 0.25) is 0 Å². The third kappa shape index (κ3) is 1.05. The number of fused-ring (bicyclic) bond motifs is 4. The molecule has 1 spiro atoms. The van der Waals surface area contributed by atoms with Crippen LogP contribution in [0.1, 0.15) is 39.0 Å². The molecule has 3 nitrogen and oxygen atoms in total. The maximum Gasteiger partial charge on any atom is 0.155 e. The van der Waals surface area contributed by atoms with Crippen LogP contribution in [0.5, 0.6) is 0 Å². The average molecular weight is 223 g/mol. The van der Waals surface area contributed by atoms with Crippen molar-refractivity contribution in [1.82, 2.24) is 0 Å². The summed E-state index contributed by atoms with van der Waals surface area (Å²) in [5.74, 6) is 1.65. The molecule has 1 saturated heterocycles. The van der Waals surface area contributed by atoms with Gasteiger partial charge in [0.05, 0.1) is 12.2 Å². The SMILES string of the molecule is C[C@H]1OC2C[C@@]3(C[C@H]2O1)[C@H]1CC[C@H](C1)[C@@H]3N. The van der Waals surface area contributed by atoms with Crippen LogP contribution in [0.4, 0.5) is 0 Å². The zero-order chi connectivity index (χ0) is 10.9. The van der Waals surface area contributed by atoms with Crippen LogP contribution in [0.25, 0.3) is 0 Å². The summed E-state index contributed by atoms with van der Waals surface area (Å²) in [5.41, 5.74) is 6.86. The van der Waals surface area contributed by atoms with E-state index in [4.69, 9.17) is 15.2 Å². The van der Waals surface area contributed by atoms with Gasteiger partial charge < -0.3 is 15.2 Å². The molecule has 7 atom stereocenters. The van der Waals surface area contributed by atoms with E-state index in [2.05, 4.69) is 0 Å². The van der Waals surface area contributed by atoms with E-state index in [0.29, 0.717) is 23.7 Å². The van der Waals surface area contributed by atoms with Crippen molar-refractivity contribution >= 4 is 0 Å². The van der Waals surface area contributed by atoms with Gasteiger partial charge in [0.15, 0.2) is 6.29 Å². The first-order valence-electron chi connectivity index (χ1n) is 6.75. The molecule has 1 unspecified atom stereocenters. The van der Waals surface area contributed by atoms with Gasteiger partial charge in [0.1, 0.15) is 0 Å². The summed E-state index contributed by atoms with van der Waals surface area (Å²) in [6, 6.07) is 0.416. The lowest BCUT2D eigenvalue weighted by atomic mass is 9.68. The first-order valence-corrected chi connectivity index (χ1v) is 6.75. The van der Waals surface area contributed by atoms with Crippen molar-refractivity contribution < 1.29 is 9.47 Å². The van der Waals surface area contributed by atoms with Crippen LogP contribution in [0.15, 0.2) is 0 Å². The Labute approximate surface area is 96.7 Å². The Hall–Kier alpha value is -0.120. The fraction of sp³-hybridized carbons (Fsp3) is 1.00. The second kappa shape index (κ2) is 3.01. The molecule has 0 aromatic carbocycles. The monoisotopic (exact) mass is 223 g/mol. The second-order valence-corrected chi connectivity index (χ2v) is 6.35. The van der Waals surface area contributed by atoms with Crippen molar-refractivity contribution in [3.8, 4) is 0 Å². The highest BCUT2D eigenvalue weighted by molar-refractivity contribution is 5.14. The zero-order valence-electron chi connectivity index (χ0n) is 9.89. The second-order valence-electron chi connectivity index (χ2n) is 6.35. The number of hydrogen-bond donors (Lipinski definition) is 1. The van der Waals surface area contributed by atoms with Crippen LogP contribution < -0.4 is 5.73 Å². The minimum absolute atomic E-state index is 0.00200. The van der Waals surface area contributed by atoms with E-state index in [1.54, 1.807) is 0 Å². The molecule has 0 aromatic rings. The van der Waals surface area contributed by atoms with Crippen LogP contribution in [-0.4, -0.2) is 24.5 Å². The molecule has 0 radical (unpaired) electrons. The van der Waals surface area contributed by atoms with Gasteiger partial charge in [-0.15, -0.1) is 0 Å². The fourth-order valence-corrected chi connectivity index (χ4v) is 5.10. The highest BCUT2D eigenvalue weighted by Crippen LogP contribution is 2.63. The van der Waals surface area contributed by atoms with Gasteiger partial charge in [0.2, 0.25) is 0 Å². The lowest BCUT2D eigenvalue weighted by molar-refractivity contribution is -0.0774. The molecule has 1 aliphatic heterocycles. The summed E-state index contributed by atoms with van der Waals surface area (Å²) in [6.45, 7) is 2.01. The highest BCUT2D eigenvalue weighted by atomic mass is 16.7. The van der Waals surface area contributed by atoms with Gasteiger partial charge in [-0.2, -0.15) is 0 Å². The molecule has 3 heteroatoms. The first kappa shape index (κ1) is 9.86. The van der Waals surface area contributed by atoms with Gasteiger partial charge in [-0.1, -0.05) is 0 Å². The summed E-state index contributed by atoms with van der Waals surface area (Å²) in [5, 5.41) is 0. The first-order chi connectivity index (χ1) is 7.69. The van der Waals surface area contributed by atoms with Crippen molar-refractivity contribution in [2.75, 3.05) is 0 Å². The van der Waals surface area contributed by atoms with Crippen LogP contribution in [-0.2, 0) is 9.47 Å². The van der Waals surface area contributed by atoms with Gasteiger partial charge in [-0.25, -0.2) is 0 Å². The molecule has 16 heavy (non-hydrogen) atoms.